The van der Waals surface area contributed by atoms with Crippen LogP contribution in [0.4, 0.5) is 0 Å². The number of rotatable bonds is 13. The zero-order valence-electron chi connectivity index (χ0n) is 22.0. The Labute approximate surface area is 225 Å². The molecule has 0 bridgehead atoms. The number of ether oxygens (including phenoxy) is 1. The topological polar surface area (TPSA) is 105 Å². The van der Waals surface area contributed by atoms with Gasteiger partial charge in [-0.2, -0.15) is 0 Å². The Hall–Kier alpha value is -3.69. The van der Waals surface area contributed by atoms with E-state index in [1.54, 1.807) is 31.1 Å². The SMILES string of the molecule is CCNC(=O)[C@H](c1ccccc1)N(Cc1ccc(OC)cc1)C(=O)CCc1ccc(S(=O)(=O)NCC)cc1. The summed E-state index contributed by atoms with van der Waals surface area (Å²) < 4.78 is 32.2. The van der Waals surface area contributed by atoms with Crippen LogP contribution in [0.5, 0.6) is 5.75 Å². The van der Waals surface area contributed by atoms with Gasteiger partial charge in [0.2, 0.25) is 21.8 Å². The average Bonchev–Trinajstić information content (AvgIpc) is 2.92. The van der Waals surface area contributed by atoms with Gasteiger partial charge >= 0.3 is 0 Å². The summed E-state index contributed by atoms with van der Waals surface area (Å²) in [4.78, 5) is 28.7. The fourth-order valence-corrected chi connectivity index (χ4v) is 5.17. The van der Waals surface area contributed by atoms with Gasteiger partial charge in [0.25, 0.3) is 0 Å². The second-order valence-electron chi connectivity index (χ2n) is 8.72. The van der Waals surface area contributed by atoms with Gasteiger partial charge in [-0.25, -0.2) is 13.1 Å². The van der Waals surface area contributed by atoms with E-state index in [9.17, 15) is 18.0 Å². The van der Waals surface area contributed by atoms with Gasteiger partial charge in [-0.1, -0.05) is 61.5 Å². The highest BCUT2D eigenvalue weighted by Gasteiger charge is 2.31. The van der Waals surface area contributed by atoms with Crippen molar-refractivity contribution >= 4 is 21.8 Å². The van der Waals surface area contributed by atoms with E-state index >= 15 is 0 Å². The molecule has 0 radical (unpaired) electrons. The highest BCUT2D eigenvalue weighted by molar-refractivity contribution is 7.89. The number of carbonyl (C=O) groups excluding carboxylic acids is 2. The predicted molar refractivity (Wildman–Crippen MR) is 147 cm³/mol. The van der Waals surface area contributed by atoms with Gasteiger partial charge in [0.15, 0.2) is 0 Å². The largest absolute Gasteiger partial charge is 0.497 e. The Morgan fingerprint density at radius 3 is 2.08 bits per heavy atom. The molecular weight excluding hydrogens is 502 g/mol. The molecule has 0 aliphatic rings. The lowest BCUT2D eigenvalue weighted by Gasteiger charge is -2.31. The number of likely N-dealkylation sites (N-methyl/N-ethyl adjacent to an activating group) is 1. The van der Waals surface area contributed by atoms with Gasteiger partial charge in [0.1, 0.15) is 11.8 Å². The lowest BCUT2D eigenvalue weighted by Crippen LogP contribution is -2.43. The average molecular weight is 538 g/mol. The Bertz CT molecular complexity index is 1290. The molecule has 8 nitrogen and oxygen atoms in total. The molecule has 3 aromatic carbocycles. The number of methoxy groups -OCH3 is 1. The monoisotopic (exact) mass is 537 g/mol. The van der Waals surface area contributed by atoms with Crippen LogP contribution in [0.1, 0.15) is 43.0 Å². The normalized spacial score (nSPS) is 12.0. The van der Waals surface area contributed by atoms with Crippen molar-refractivity contribution in [2.45, 2.75) is 44.2 Å². The molecule has 0 aromatic heterocycles. The number of carbonyl (C=O) groups is 2. The third-order valence-electron chi connectivity index (χ3n) is 6.05. The first kappa shape index (κ1) is 28.9. The number of nitrogens with one attached hydrogen (secondary N) is 2. The molecule has 0 saturated carbocycles. The molecule has 0 heterocycles. The number of hydrogen-bond acceptors (Lipinski definition) is 5. The van der Waals surface area contributed by atoms with Gasteiger partial charge < -0.3 is 15.0 Å². The van der Waals surface area contributed by atoms with Crippen LogP contribution in [0.25, 0.3) is 0 Å². The summed E-state index contributed by atoms with van der Waals surface area (Å²) >= 11 is 0. The van der Waals surface area contributed by atoms with E-state index in [0.717, 1.165) is 16.7 Å². The number of nitrogens with zero attached hydrogens (tertiary/aromatic N) is 1. The van der Waals surface area contributed by atoms with Gasteiger partial charge in [-0.05, 0) is 54.3 Å². The molecule has 0 aliphatic carbocycles. The van der Waals surface area contributed by atoms with Crippen molar-refractivity contribution in [2.75, 3.05) is 20.2 Å². The molecule has 38 heavy (non-hydrogen) atoms. The second kappa shape index (κ2) is 13.7. The molecule has 9 heteroatoms. The lowest BCUT2D eigenvalue weighted by molar-refractivity contribution is -0.141. The van der Waals surface area contributed by atoms with Crippen LogP contribution in [0.2, 0.25) is 0 Å². The van der Waals surface area contributed by atoms with E-state index in [4.69, 9.17) is 4.74 Å². The van der Waals surface area contributed by atoms with Crippen LogP contribution in [0.3, 0.4) is 0 Å². The van der Waals surface area contributed by atoms with Crippen LogP contribution in [0, 0.1) is 0 Å². The fourth-order valence-electron chi connectivity index (χ4n) is 4.13. The molecule has 2 N–H and O–H groups in total. The van der Waals surface area contributed by atoms with Gasteiger partial charge in [-0.15, -0.1) is 0 Å². The number of benzene rings is 3. The number of hydrogen-bond donors (Lipinski definition) is 2. The Morgan fingerprint density at radius 2 is 1.50 bits per heavy atom. The van der Waals surface area contributed by atoms with Crippen molar-refractivity contribution in [3.8, 4) is 5.75 Å². The third kappa shape index (κ3) is 7.66. The first-order valence-corrected chi connectivity index (χ1v) is 14.1. The fraction of sp³-hybridized carbons (Fsp3) is 0.310. The minimum Gasteiger partial charge on any atom is -0.497 e. The smallest absolute Gasteiger partial charge is 0.247 e. The van der Waals surface area contributed by atoms with Crippen LogP contribution in [-0.4, -0.2) is 45.3 Å². The van der Waals surface area contributed by atoms with Crippen molar-refractivity contribution in [3.05, 3.63) is 95.6 Å². The van der Waals surface area contributed by atoms with E-state index in [1.165, 1.54) is 12.1 Å². The summed E-state index contributed by atoms with van der Waals surface area (Å²) in [6.45, 7) is 4.54. The summed E-state index contributed by atoms with van der Waals surface area (Å²) in [6.07, 6.45) is 0.550. The Balaban J connectivity index is 1.87. The molecule has 3 rings (SSSR count). The zero-order valence-corrected chi connectivity index (χ0v) is 22.8. The van der Waals surface area contributed by atoms with Crippen molar-refractivity contribution < 1.29 is 22.7 Å². The van der Waals surface area contributed by atoms with Crippen LogP contribution in [0.15, 0.2) is 83.8 Å². The first-order chi connectivity index (χ1) is 18.3. The number of sulfonamides is 1. The summed E-state index contributed by atoms with van der Waals surface area (Å²) in [7, 11) is -1.96. The third-order valence-corrected chi connectivity index (χ3v) is 7.62. The zero-order chi connectivity index (χ0) is 27.5. The maximum atomic E-state index is 13.7. The second-order valence-corrected chi connectivity index (χ2v) is 10.5. The summed E-state index contributed by atoms with van der Waals surface area (Å²) in [5.74, 6) is 0.262. The number of aryl methyl sites for hydroxylation is 1. The number of amides is 2. The van der Waals surface area contributed by atoms with Crippen molar-refractivity contribution in [1.29, 1.82) is 0 Å². The van der Waals surface area contributed by atoms with Crippen molar-refractivity contribution in [1.82, 2.24) is 14.9 Å². The van der Waals surface area contributed by atoms with E-state index in [-0.39, 0.29) is 29.7 Å². The lowest BCUT2D eigenvalue weighted by atomic mass is 10.0. The molecule has 202 valence electrons. The Kier molecular flexibility index (Phi) is 10.4. The van der Waals surface area contributed by atoms with Gasteiger partial charge in [0, 0.05) is 26.1 Å². The van der Waals surface area contributed by atoms with Gasteiger partial charge in [-0.3, -0.25) is 9.59 Å². The molecule has 1 atom stereocenters. The quantitative estimate of drug-likeness (QED) is 0.345. The summed E-state index contributed by atoms with van der Waals surface area (Å²) in [5, 5.41) is 2.87. The predicted octanol–water partition coefficient (Wildman–Crippen LogP) is 3.83. The highest BCUT2D eigenvalue weighted by Crippen LogP contribution is 2.26. The molecule has 2 amide bonds. The maximum Gasteiger partial charge on any atom is 0.247 e. The molecular formula is C29H35N3O5S. The van der Waals surface area contributed by atoms with Crippen molar-refractivity contribution in [3.63, 3.8) is 0 Å². The summed E-state index contributed by atoms with van der Waals surface area (Å²) in [5.41, 5.74) is 2.41. The van der Waals surface area contributed by atoms with Crippen LogP contribution in [-0.2, 0) is 32.6 Å². The van der Waals surface area contributed by atoms with E-state index < -0.39 is 16.1 Å². The minimum absolute atomic E-state index is 0.151. The first-order valence-electron chi connectivity index (χ1n) is 12.6. The highest BCUT2D eigenvalue weighted by atomic mass is 32.2. The molecule has 0 unspecified atom stereocenters. The van der Waals surface area contributed by atoms with E-state index in [0.29, 0.717) is 25.3 Å². The van der Waals surface area contributed by atoms with E-state index in [2.05, 4.69) is 10.0 Å². The molecule has 0 spiro atoms. The minimum atomic E-state index is -3.55. The molecule has 0 aliphatic heterocycles. The van der Waals surface area contributed by atoms with Gasteiger partial charge in [0.05, 0.1) is 12.0 Å². The maximum absolute atomic E-state index is 13.7. The van der Waals surface area contributed by atoms with Crippen LogP contribution < -0.4 is 14.8 Å². The molecule has 3 aromatic rings. The molecule has 0 saturated heterocycles. The Morgan fingerprint density at radius 1 is 0.868 bits per heavy atom. The summed E-state index contributed by atoms with van der Waals surface area (Å²) in [6, 6.07) is 22.3. The standard InChI is InChI=1S/C29H35N3O5S/c1-4-30-29(34)28(24-9-7-6-8-10-24)32(21-23-11-16-25(37-3)17-12-23)27(33)20-15-22-13-18-26(19-14-22)38(35,36)31-5-2/h6-14,16-19,28,31H,4-5,15,20-21H2,1-3H3,(H,30,34)/t28-/m0/s1. The van der Waals surface area contributed by atoms with Crippen LogP contribution >= 0.6 is 0 Å². The molecule has 0 fully saturated rings. The van der Waals surface area contributed by atoms with E-state index in [1.807, 2.05) is 61.5 Å². The van der Waals surface area contributed by atoms with Crippen molar-refractivity contribution in [2.24, 2.45) is 0 Å².